The van der Waals surface area contributed by atoms with Gasteiger partial charge in [0.1, 0.15) is 29.5 Å². The number of esters is 1. The number of benzene rings is 2. The molecule has 1 aromatic heterocycles. The second kappa shape index (κ2) is 6.95. The Kier molecular flexibility index (Phi) is 4.48. The summed E-state index contributed by atoms with van der Waals surface area (Å²) < 4.78 is 35.3. The van der Waals surface area contributed by atoms with Crippen LogP contribution in [0.4, 0.5) is 8.78 Å². The summed E-state index contributed by atoms with van der Waals surface area (Å²) >= 11 is 0. The molecule has 3 aromatic rings. The quantitative estimate of drug-likeness (QED) is 0.640. The highest BCUT2D eigenvalue weighted by Gasteiger charge is 2.30. The number of aromatic nitrogens is 2. The molecular formula is C21H18F2N2O2. The highest BCUT2D eigenvalue weighted by atomic mass is 19.1. The van der Waals surface area contributed by atoms with Crippen molar-refractivity contribution >= 4 is 5.97 Å². The van der Waals surface area contributed by atoms with Gasteiger partial charge in [-0.3, -0.25) is 4.68 Å². The Hall–Kier alpha value is -3.02. The largest absolute Gasteiger partial charge is 0.457 e. The first kappa shape index (κ1) is 17.4. The maximum absolute atomic E-state index is 14.4. The number of hydrogen-bond donors (Lipinski definition) is 0. The van der Waals surface area contributed by atoms with Gasteiger partial charge in [-0.15, -0.1) is 0 Å². The number of ether oxygens (including phenoxy) is 1. The fourth-order valence-electron chi connectivity index (χ4n) is 3.37. The van der Waals surface area contributed by atoms with Crippen LogP contribution in [0.1, 0.15) is 33.6 Å². The fraction of sp³-hybridized carbons (Fsp3) is 0.238. The van der Waals surface area contributed by atoms with Crippen LogP contribution in [-0.2, 0) is 24.3 Å². The van der Waals surface area contributed by atoms with Gasteiger partial charge in [0, 0.05) is 18.2 Å². The molecular weight excluding hydrogens is 350 g/mol. The van der Waals surface area contributed by atoms with Gasteiger partial charge in [0.15, 0.2) is 0 Å². The van der Waals surface area contributed by atoms with Crippen molar-refractivity contribution in [2.75, 3.05) is 0 Å². The molecule has 0 aliphatic carbocycles. The molecule has 0 unspecified atom stereocenters. The smallest absolute Gasteiger partial charge is 0.342 e. The number of carbonyl (C=O) groups excluding carboxylic acids is 1. The Morgan fingerprint density at radius 3 is 2.74 bits per heavy atom. The summed E-state index contributed by atoms with van der Waals surface area (Å²) in [4.78, 5) is 12.8. The number of carbonyl (C=O) groups is 1. The maximum atomic E-state index is 14.4. The van der Waals surface area contributed by atoms with E-state index in [4.69, 9.17) is 4.74 Å². The molecule has 4 nitrogen and oxygen atoms in total. The SMILES string of the molecule is Cc1cc(-c2nn3c(c2C(=O)OCc2ccccc2)CCC3)c(F)cc1F. The molecule has 4 rings (SSSR count). The van der Waals surface area contributed by atoms with Crippen LogP contribution in [0, 0.1) is 18.6 Å². The third kappa shape index (κ3) is 3.23. The predicted molar refractivity (Wildman–Crippen MR) is 96.2 cm³/mol. The molecule has 1 aliphatic heterocycles. The van der Waals surface area contributed by atoms with Crippen LogP contribution in [0.2, 0.25) is 0 Å². The van der Waals surface area contributed by atoms with E-state index in [1.807, 2.05) is 30.3 Å². The molecule has 27 heavy (non-hydrogen) atoms. The van der Waals surface area contributed by atoms with Gasteiger partial charge in [0.05, 0.1) is 5.69 Å². The van der Waals surface area contributed by atoms with Crippen LogP contribution >= 0.6 is 0 Å². The van der Waals surface area contributed by atoms with Crippen molar-refractivity contribution in [3.05, 3.63) is 76.5 Å². The summed E-state index contributed by atoms with van der Waals surface area (Å²) in [6, 6.07) is 11.5. The van der Waals surface area contributed by atoms with E-state index >= 15 is 0 Å². The van der Waals surface area contributed by atoms with Crippen molar-refractivity contribution < 1.29 is 18.3 Å². The second-order valence-corrected chi connectivity index (χ2v) is 6.64. The molecule has 0 fully saturated rings. The van der Waals surface area contributed by atoms with Gasteiger partial charge in [-0.25, -0.2) is 13.6 Å². The van der Waals surface area contributed by atoms with E-state index in [0.717, 1.165) is 23.7 Å². The predicted octanol–water partition coefficient (Wildman–Crippen LogP) is 4.44. The Morgan fingerprint density at radius 1 is 1.19 bits per heavy atom. The number of aryl methyl sites for hydroxylation is 2. The summed E-state index contributed by atoms with van der Waals surface area (Å²) in [5.41, 5.74) is 2.49. The fourth-order valence-corrected chi connectivity index (χ4v) is 3.37. The van der Waals surface area contributed by atoms with Gasteiger partial charge >= 0.3 is 5.97 Å². The molecule has 2 aromatic carbocycles. The van der Waals surface area contributed by atoms with Crippen molar-refractivity contribution in [1.29, 1.82) is 0 Å². The third-order valence-corrected chi connectivity index (χ3v) is 4.76. The van der Waals surface area contributed by atoms with E-state index in [0.29, 0.717) is 18.5 Å². The van der Waals surface area contributed by atoms with Crippen LogP contribution in [0.3, 0.4) is 0 Å². The molecule has 0 bridgehead atoms. The van der Waals surface area contributed by atoms with E-state index in [1.54, 1.807) is 11.6 Å². The van der Waals surface area contributed by atoms with Gasteiger partial charge in [0.25, 0.3) is 0 Å². The Labute approximate surface area is 155 Å². The third-order valence-electron chi connectivity index (χ3n) is 4.76. The monoisotopic (exact) mass is 368 g/mol. The summed E-state index contributed by atoms with van der Waals surface area (Å²) in [5.74, 6) is -1.92. The van der Waals surface area contributed by atoms with Gasteiger partial charge in [0.2, 0.25) is 0 Å². The maximum Gasteiger partial charge on any atom is 0.342 e. The normalized spacial score (nSPS) is 12.9. The van der Waals surface area contributed by atoms with E-state index in [-0.39, 0.29) is 23.4 Å². The van der Waals surface area contributed by atoms with Crippen molar-refractivity contribution in [1.82, 2.24) is 9.78 Å². The molecule has 0 spiro atoms. The molecule has 0 radical (unpaired) electrons. The summed E-state index contributed by atoms with van der Waals surface area (Å²) in [5, 5.41) is 4.42. The average Bonchev–Trinajstić information content (AvgIpc) is 3.24. The number of halogens is 2. The van der Waals surface area contributed by atoms with E-state index in [2.05, 4.69) is 5.10 Å². The summed E-state index contributed by atoms with van der Waals surface area (Å²) in [6.45, 7) is 2.33. The van der Waals surface area contributed by atoms with E-state index < -0.39 is 17.6 Å². The first-order chi connectivity index (χ1) is 13.0. The van der Waals surface area contributed by atoms with Crippen molar-refractivity contribution in [2.45, 2.75) is 32.9 Å². The minimum Gasteiger partial charge on any atom is -0.457 e. The number of rotatable bonds is 4. The van der Waals surface area contributed by atoms with E-state index in [9.17, 15) is 13.6 Å². The Morgan fingerprint density at radius 2 is 1.96 bits per heavy atom. The second-order valence-electron chi connectivity index (χ2n) is 6.64. The summed E-state index contributed by atoms with van der Waals surface area (Å²) in [7, 11) is 0. The zero-order valence-corrected chi connectivity index (χ0v) is 14.8. The topological polar surface area (TPSA) is 44.1 Å². The number of nitrogens with zero attached hydrogens (tertiary/aromatic N) is 2. The zero-order valence-electron chi connectivity index (χ0n) is 14.8. The van der Waals surface area contributed by atoms with Gasteiger partial charge in [-0.05, 0) is 37.0 Å². The minimum atomic E-state index is -0.744. The lowest BCUT2D eigenvalue weighted by Gasteiger charge is -2.08. The van der Waals surface area contributed by atoms with Crippen molar-refractivity contribution in [3.63, 3.8) is 0 Å². The molecule has 138 valence electrons. The lowest BCUT2D eigenvalue weighted by Crippen LogP contribution is -2.09. The van der Waals surface area contributed by atoms with Crippen molar-refractivity contribution in [3.8, 4) is 11.3 Å². The van der Waals surface area contributed by atoms with Crippen LogP contribution < -0.4 is 0 Å². The molecule has 0 N–H and O–H groups in total. The molecule has 0 saturated heterocycles. The first-order valence-electron chi connectivity index (χ1n) is 8.81. The molecule has 0 atom stereocenters. The summed E-state index contributed by atoms with van der Waals surface area (Å²) in [6.07, 6.45) is 1.54. The first-order valence-corrected chi connectivity index (χ1v) is 8.81. The number of hydrogen-bond acceptors (Lipinski definition) is 3. The Bertz CT molecular complexity index is 1010. The highest BCUT2D eigenvalue weighted by Crippen LogP contribution is 2.33. The van der Waals surface area contributed by atoms with Crippen LogP contribution in [0.15, 0.2) is 42.5 Å². The van der Waals surface area contributed by atoms with Gasteiger partial charge in [-0.2, -0.15) is 5.10 Å². The minimum absolute atomic E-state index is 0.113. The lowest BCUT2D eigenvalue weighted by atomic mass is 10.0. The lowest BCUT2D eigenvalue weighted by molar-refractivity contribution is 0.0472. The van der Waals surface area contributed by atoms with Crippen LogP contribution in [0.5, 0.6) is 0 Å². The average molecular weight is 368 g/mol. The number of fused-ring (bicyclic) bond motifs is 1. The zero-order chi connectivity index (χ0) is 19.0. The molecule has 2 heterocycles. The Balaban J connectivity index is 1.72. The van der Waals surface area contributed by atoms with Gasteiger partial charge in [-0.1, -0.05) is 30.3 Å². The van der Waals surface area contributed by atoms with Crippen molar-refractivity contribution in [2.24, 2.45) is 0 Å². The highest BCUT2D eigenvalue weighted by molar-refractivity contribution is 5.97. The molecule has 0 saturated carbocycles. The van der Waals surface area contributed by atoms with E-state index in [1.165, 1.54) is 6.07 Å². The van der Waals surface area contributed by atoms with Crippen LogP contribution in [-0.4, -0.2) is 15.7 Å². The standard InChI is InChI=1S/C21H18F2N2O2/c1-13-10-15(17(23)11-16(13)22)20-19(18-8-5-9-25(18)24-20)21(26)27-12-14-6-3-2-4-7-14/h2-4,6-7,10-11H,5,8-9,12H2,1H3. The molecule has 0 amide bonds. The van der Waals surface area contributed by atoms with Crippen LogP contribution in [0.25, 0.3) is 11.3 Å². The van der Waals surface area contributed by atoms with Gasteiger partial charge < -0.3 is 4.74 Å². The molecule has 6 heteroatoms. The molecule has 1 aliphatic rings.